The van der Waals surface area contributed by atoms with E-state index in [4.69, 9.17) is 9.47 Å². The molecule has 5 nitrogen and oxygen atoms in total. The number of hydrogen-bond acceptors (Lipinski definition) is 5. The first-order valence-electron chi connectivity index (χ1n) is 8.63. The number of carbonyl (C=O) groups is 3. The Hall–Kier alpha value is -2.43. The molecule has 0 aromatic heterocycles. The molecule has 2 saturated carbocycles. The molecule has 130 valence electrons. The maximum Gasteiger partial charge on any atom is 0.310 e. The summed E-state index contributed by atoms with van der Waals surface area (Å²) in [7, 11) is 1.35. The molecule has 2 fully saturated rings. The van der Waals surface area contributed by atoms with Crippen LogP contribution in [0.1, 0.15) is 16.8 Å². The lowest BCUT2D eigenvalue weighted by molar-refractivity contribution is -0.165. The molecule has 5 rings (SSSR count). The van der Waals surface area contributed by atoms with E-state index in [1.165, 1.54) is 7.11 Å². The van der Waals surface area contributed by atoms with Crippen LogP contribution in [0, 0.1) is 35.5 Å². The van der Waals surface area contributed by atoms with Crippen molar-refractivity contribution in [1.29, 1.82) is 0 Å². The number of esters is 2. The standard InChI is InChI=1S/C20H20O5/c1-24-19(22)17-12-7-8-13(15-9-14(12)15)18(17)20(23)25-10-16(21)11-5-3-2-4-6-11/h2-8,12-15,17-18H,9-10H2,1H3/t12-,13-,14-,15-,17+,18+/m0/s1. The Morgan fingerprint density at radius 1 is 0.960 bits per heavy atom. The van der Waals surface area contributed by atoms with Crippen molar-refractivity contribution >= 4 is 17.7 Å². The summed E-state index contributed by atoms with van der Waals surface area (Å²) in [5, 5.41) is 0. The molecule has 0 spiro atoms. The molecule has 0 saturated heterocycles. The smallest absolute Gasteiger partial charge is 0.310 e. The number of fused-ring (bicyclic) bond motifs is 1. The van der Waals surface area contributed by atoms with Gasteiger partial charge in [-0.1, -0.05) is 42.5 Å². The van der Waals surface area contributed by atoms with Crippen molar-refractivity contribution in [2.45, 2.75) is 6.42 Å². The average Bonchev–Trinajstić information content (AvgIpc) is 3.47. The summed E-state index contributed by atoms with van der Waals surface area (Å²) in [6, 6.07) is 8.73. The lowest BCUT2D eigenvalue weighted by atomic mass is 9.62. The Kier molecular flexibility index (Phi) is 3.94. The van der Waals surface area contributed by atoms with E-state index in [1.807, 2.05) is 12.1 Å². The molecule has 4 aliphatic rings. The number of ketones is 1. The molecule has 1 aromatic rings. The number of rotatable bonds is 5. The third-order valence-corrected chi connectivity index (χ3v) is 5.84. The molecule has 0 aliphatic heterocycles. The highest BCUT2D eigenvalue weighted by atomic mass is 16.5. The SMILES string of the molecule is COC(=O)[C@@H]1[C@H]2C=C[C@@H]([C@@H]3C[C@@H]23)[C@H]1C(=O)OCC(=O)c1ccccc1. The van der Waals surface area contributed by atoms with Crippen LogP contribution in [0.15, 0.2) is 42.5 Å². The van der Waals surface area contributed by atoms with Crippen LogP contribution < -0.4 is 0 Å². The second-order valence-corrected chi connectivity index (χ2v) is 7.07. The van der Waals surface area contributed by atoms with E-state index in [1.54, 1.807) is 24.3 Å². The number of methoxy groups -OCH3 is 1. The summed E-state index contributed by atoms with van der Waals surface area (Å²) in [6.07, 6.45) is 5.14. The van der Waals surface area contributed by atoms with Gasteiger partial charge in [0.2, 0.25) is 0 Å². The monoisotopic (exact) mass is 340 g/mol. The highest BCUT2D eigenvalue weighted by Crippen LogP contribution is 2.63. The topological polar surface area (TPSA) is 69.7 Å². The summed E-state index contributed by atoms with van der Waals surface area (Å²) in [5.41, 5.74) is 0.507. The van der Waals surface area contributed by atoms with Gasteiger partial charge >= 0.3 is 11.9 Å². The molecule has 4 aliphatic carbocycles. The number of allylic oxidation sites excluding steroid dienone is 2. The van der Waals surface area contributed by atoms with Crippen molar-refractivity contribution in [2.75, 3.05) is 13.7 Å². The van der Waals surface area contributed by atoms with Gasteiger partial charge in [-0.25, -0.2) is 0 Å². The molecule has 0 unspecified atom stereocenters. The van der Waals surface area contributed by atoms with Crippen molar-refractivity contribution in [3.63, 3.8) is 0 Å². The van der Waals surface area contributed by atoms with E-state index in [0.29, 0.717) is 17.4 Å². The maximum atomic E-state index is 12.7. The van der Waals surface area contributed by atoms with Crippen molar-refractivity contribution in [1.82, 2.24) is 0 Å². The van der Waals surface area contributed by atoms with E-state index < -0.39 is 17.8 Å². The van der Waals surface area contributed by atoms with Crippen molar-refractivity contribution in [2.24, 2.45) is 35.5 Å². The van der Waals surface area contributed by atoms with Gasteiger partial charge in [0, 0.05) is 5.56 Å². The minimum Gasteiger partial charge on any atom is -0.469 e. The van der Waals surface area contributed by atoms with Gasteiger partial charge in [-0.15, -0.1) is 0 Å². The summed E-state index contributed by atoms with van der Waals surface area (Å²) in [5.74, 6) is -1.12. The second-order valence-electron chi connectivity index (χ2n) is 7.07. The summed E-state index contributed by atoms with van der Waals surface area (Å²) in [4.78, 5) is 37.1. The van der Waals surface area contributed by atoms with Crippen LogP contribution in [0.25, 0.3) is 0 Å². The van der Waals surface area contributed by atoms with Crippen molar-refractivity contribution in [3.8, 4) is 0 Å². The van der Waals surface area contributed by atoms with Gasteiger partial charge in [-0.2, -0.15) is 0 Å². The highest BCUT2D eigenvalue weighted by molar-refractivity contribution is 5.98. The molecule has 0 heterocycles. The van der Waals surface area contributed by atoms with Crippen LogP contribution in [0.2, 0.25) is 0 Å². The second kappa shape index (κ2) is 6.14. The van der Waals surface area contributed by atoms with Gasteiger partial charge in [0.1, 0.15) is 0 Å². The summed E-state index contributed by atoms with van der Waals surface area (Å²) < 4.78 is 10.2. The Morgan fingerprint density at radius 3 is 2.16 bits per heavy atom. The molecular formula is C20H20O5. The van der Waals surface area contributed by atoms with Gasteiger partial charge in [0.15, 0.2) is 12.4 Å². The summed E-state index contributed by atoms with van der Waals surface area (Å²) >= 11 is 0. The Bertz CT molecular complexity index is 738. The first kappa shape index (κ1) is 16.1. The van der Waals surface area contributed by atoms with E-state index in [0.717, 1.165) is 6.42 Å². The van der Waals surface area contributed by atoms with Gasteiger partial charge in [0.05, 0.1) is 18.9 Å². The number of Topliss-reactive ketones (excluding diaryl/α,β-unsaturated/α-hetero) is 1. The molecule has 1 aromatic carbocycles. The third-order valence-electron chi connectivity index (χ3n) is 5.84. The largest absolute Gasteiger partial charge is 0.469 e. The molecule has 0 amide bonds. The van der Waals surface area contributed by atoms with Gasteiger partial charge < -0.3 is 9.47 Å². The number of hydrogen-bond donors (Lipinski definition) is 0. The Balaban J connectivity index is 1.48. The van der Waals surface area contributed by atoms with Gasteiger partial charge in [0.25, 0.3) is 0 Å². The van der Waals surface area contributed by atoms with Crippen LogP contribution >= 0.6 is 0 Å². The molecule has 0 radical (unpaired) electrons. The fourth-order valence-electron chi connectivity index (χ4n) is 4.60. The maximum absolute atomic E-state index is 12.7. The first-order chi connectivity index (χ1) is 12.1. The fraction of sp³-hybridized carbons (Fsp3) is 0.450. The van der Waals surface area contributed by atoms with E-state index in [9.17, 15) is 14.4 Å². The molecular weight excluding hydrogens is 320 g/mol. The minimum absolute atomic E-state index is 0.0124. The number of carbonyl (C=O) groups excluding carboxylic acids is 3. The zero-order chi connectivity index (χ0) is 17.6. The third kappa shape index (κ3) is 2.68. The molecule has 6 atom stereocenters. The minimum atomic E-state index is -0.547. The molecule has 2 bridgehead atoms. The summed E-state index contributed by atoms with van der Waals surface area (Å²) in [6.45, 7) is -0.303. The zero-order valence-corrected chi connectivity index (χ0v) is 14.0. The first-order valence-corrected chi connectivity index (χ1v) is 8.63. The highest BCUT2D eigenvalue weighted by Gasteiger charge is 2.63. The Labute approximate surface area is 146 Å². The number of ether oxygens (including phenoxy) is 2. The van der Waals surface area contributed by atoms with Crippen LogP contribution in [-0.2, 0) is 19.1 Å². The van der Waals surface area contributed by atoms with Crippen molar-refractivity contribution < 1.29 is 23.9 Å². The molecule has 5 heteroatoms. The van der Waals surface area contributed by atoms with Crippen LogP contribution in [0.5, 0.6) is 0 Å². The van der Waals surface area contributed by atoms with Crippen LogP contribution in [0.4, 0.5) is 0 Å². The molecule has 25 heavy (non-hydrogen) atoms. The van der Waals surface area contributed by atoms with Crippen molar-refractivity contribution in [3.05, 3.63) is 48.0 Å². The average molecular weight is 340 g/mol. The van der Waals surface area contributed by atoms with E-state index in [-0.39, 0.29) is 30.2 Å². The predicted molar refractivity (Wildman–Crippen MR) is 88.4 cm³/mol. The van der Waals surface area contributed by atoms with E-state index >= 15 is 0 Å². The lowest BCUT2D eigenvalue weighted by Gasteiger charge is -2.41. The van der Waals surface area contributed by atoms with Gasteiger partial charge in [-0.05, 0) is 30.1 Å². The van der Waals surface area contributed by atoms with Crippen LogP contribution in [-0.4, -0.2) is 31.4 Å². The normalized spacial score (nSPS) is 34.1. The number of benzene rings is 1. The zero-order valence-electron chi connectivity index (χ0n) is 14.0. The fourth-order valence-corrected chi connectivity index (χ4v) is 4.60. The predicted octanol–water partition coefficient (Wildman–Crippen LogP) is 2.27. The van der Waals surface area contributed by atoms with E-state index in [2.05, 4.69) is 6.08 Å². The van der Waals surface area contributed by atoms with Gasteiger partial charge in [-0.3, -0.25) is 14.4 Å². The lowest BCUT2D eigenvalue weighted by Crippen LogP contribution is -2.47. The Morgan fingerprint density at radius 2 is 1.56 bits per heavy atom. The van der Waals surface area contributed by atoms with Crippen LogP contribution in [0.3, 0.4) is 0 Å². The molecule has 0 N–H and O–H groups in total. The quantitative estimate of drug-likeness (QED) is 0.467.